The maximum absolute atomic E-state index is 9.78. The van der Waals surface area contributed by atoms with Crippen LogP contribution in [0.1, 0.15) is 44.9 Å². The van der Waals surface area contributed by atoms with Gasteiger partial charge < -0.3 is 14.6 Å². The molecule has 1 aliphatic heterocycles. The normalized spacial score (nSPS) is 24.8. The Bertz CT molecular complexity index is 451. The summed E-state index contributed by atoms with van der Waals surface area (Å²) in [5.41, 5.74) is 2.07. The Hall–Kier alpha value is -1.10. The SMILES string of the molecule is CCOc1ccc(C(C)O)cc1CN1CC(C)OC(C)C1. The Morgan fingerprint density at radius 3 is 2.57 bits per heavy atom. The molecular weight excluding hydrogens is 266 g/mol. The van der Waals surface area contributed by atoms with Gasteiger partial charge in [0.1, 0.15) is 5.75 Å². The van der Waals surface area contributed by atoms with E-state index in [9.17, 15) is 5.11 Å². The Morgan fingerprint density at radius 2 is 2.00 bits per heavy atom. The summed E-state index contributed by atoms with van der Waals surface area (Å²) in [6.45, 7) is 11.3. The van der Waals surface area contributed by atoms with Crippen LogP contribution in [-0.2, 0) is 11.3 Å². The first-order chi connectivity index (χ1) is 9.99. The number of rotatable bonds is 5. The first-order valence-corrected chi connectivity index (χ1v) is 7.81. The highest BCUT2D eigenvalue weighted by atomic mass is 16.5. The van der Waals surface area contributed by atoms with Crippen molar-refractivity contribution >= 4 is 0 Å². The van der Waals surface area contributed by atoms with Crippen LogP contribution in [0.3, 0.4) is 0 Å². The third-order valence-corrected chi connectivity index (χ3v) is 3.76. The first-order valence-electron chi connectivity index (χ1n) is 7.81. The second-order valence-corrected chi connectivity index (χ2v) is 5.93. The van der Waals surface area contributed by atoms with Gasteiger partial charge in [0, 0.05) is 25.2 Å². The smallest absolute Gasteiger partial charge is 0.123 e. The summed E-state index contributed by atoms with van der Waals surface area (Å²) in [6.07, 6.45) is 0.0513. The Morgan fingerprint density at radius 1 is 1.33 bits per heavy atom. The van der Waals surface area contributed by atoms with E-state index in [-0.39, 0.29) is 12.2 Å². The first kappa shape index (κ1) is 16.3. The van der Waals surface area contributed by atoms with Crippen LogP contribution < -0.4 is 4.74 Å². The van der Waals surface area contributed by atoms with Gasteiger partial charge in [0.2, 0.25) is 0 Å². The van der Waals surface area contributed by atoms with Crippen molar-refractivity contribution in [1.29, 1.82) is 0 Å². The maximum Gasteiger partial charge on any atom is 0.123 e. The average Bonchev–Trinajstić information content (AvgIpc) is 2.39. The summed E-state index contributed by atoms with van der Waals surface area (Å²) < 4.78 is 11.5. The van der Waals surface area contributed by atoms with Crippen molar-refractivity contribution < 1.29 is 14.6 Å². The molecule has 0 saturated carbocycles. The molecule has 4 nitrogen and oxygen atoms in total. The summed E-state index contributed by atoms with van der Waals surface area (Å²) in [4.78, 5) is 2.39. The zero-order valence-corrected chi connectivity index (χ0v) is 13.5. The molecule has 21 heavy (non-hydrogen) atoms. The summed E-state index contributed by atoms with van der Waals surface area (Å²) in [5, 5.41) is 9.78. The Balaban J connectivity index is 2.17. The predicted molar refractivity (Wildman–Crippen MR) is 83.5 cm³/mol. The standard InChI is InChI=1S/C17H27NO3/c1-5-20-17-7-6-15(14(4)19)8-16(17)11-18-9-12(2)21-13(3)10-18/h6-8,12-14,19H,5,9-11H2,1-4H3. The highest BCUT2D eigenvalue weighted by molar-refractivity contribution is 5.38. The molecule has 1 aromatic rings. The van der Waals surface area contributed by atoms with Gasteiger partial charge >= 0.3 is 0 Å². The topological polar surface area (TPSA) is 41.9 Å². The lowest BCUT2D eigenvalue weighted by molar-refractivity contribution is -0.0706. The van der Waals surface area contributed by atoms with E-state index in [1.165, 1.54) is 0 Å². The number of aliphatic hydroxyl groups excluding tert-OH is 1. The number of ether oxygens (including phenoxy) is 2. The van der Waals surface area contributed by atoms with Gasteiger partial charge in [-0.3, -0.25) is 4.90 Å². The molecule has 3 unspecified atom stereocenters. The minimum Gasteiger partial charge on any atom is -0.494 e. The number of benzene rings is 1. The monoisotopic (exact) mass is 293 g/mol. The molecule has 1 fully saturated rings. The van der Waals surface area contributed by atoms with Crippen LogP contribution in [0.25, 0.3) is 0 Å². The van der Waals surface area contributed by atoms with Crippen molar-refractivity contribution in [3.05, 3.63) is 29.3 Å². The molecule has 0 radical (unpaired) electrons. The molecule has 1 N–H and O–H groups in total. The van der Waals surface area contributed by atoms with Crippen LogP contribution in [0, 0.1) is 0 Å². The number of morpholine rings is 1. The molecule has 0 aliphatic carbocycles. The molecule has 0 spiro atoms. The van der Waals surface area contributed by atoms with Gasteiger partial charge in [-0.25, -0.2) is 0 Å². The minimum absolute atomic E-state index is 0.254. The molecule has 0 amide bonds. The van der Waals surface area contributed by atoms with Crippen molar-refractivity contribution in [3.63, 3.8) is 0 Å². The lowest BCUT2D eigenvalue weighted by Crippen LogP contribution is -2.44. The van der Waals surface area contributed by atoms with Gasteiger partial charge in [-0.15, -0.1) is 0 Å². The van der Waals surface area contributed by atoms with E-state index in [4.69, 9.17) is 9.47 Å². The zero-order chi connectivity index (χ0) is 15.4. The molecule has 1 aliphatic rings. The summed E-state index contributed by atoms with van der Waals surface area (Å²) in [7, 11) is 0. The molecule has 1 heterocycles. The number of hydrogen-bond acceptors (Lipinski definition) is 4. The minimum atomic E-state index is -0.457. The Kier molecular flexibility index (Phi) is 5.62. The Labute approximate surface area is 127 Å². The van der Waals surface area contributed by atoms with E-state index in [1.54, 1.807) is 6.92 Å². The molecule has 1 aromatic carbocycles. The third kappa shape index (κ3) is 4.43. The second-order valence-electron chi connectivity index (χ2n) is 5.93. The predicted octanol–water partition coefficient (Wildman–Crippen LogP) is 2.75. The van der Waals surface area contributed by atoms with E-state index in [0.29, 0.717) is 6.61 Å². The number of hydrogen-bond donors (Lipinski definition) is 1. The fraction of sp³-hybridized carbons (Fsp3) is 0.647. The van der Waals surface area contributed by atoms with E-state index in [1.807, 2.05) is 19.1 Å². The third-order valence-electron chi connectivity index (χ3n) is 3.76. The maximum atomic E-state index is 9.78. The fourth-order valence-corrected chi connectivity index (χ4v) is 2.93. The molecule has 4 heteroatoms. The van der Waals surface area contributed by atoms with Crippen molar-refractivity contribution in [3.8, 4) is 5.75 Å². The lowest BCUT2D eigenvalue weighted by atomic mass is 10.0. The molecule has 0 bridgehead atoms. The quantitative estimate of drug-likeness (QED) is 0.906. The van der Waals surface area contributed by atoms with Crippen molar-refractivity contribution in [2.75, 3.05) is 19.7 Å². The highest BCUT2D eigenvalue weighted by Crippen LogP contribution is 2.26. The van der Waals surface area contributed by atoms with Gasteiger partial charge in [-0.2, -0.15) is 0 Å². The summed E-state index contributed by atoms with van der Waals surface area (Å²) in [6, 6.07) is 5.96. The molecule has 118 valence electrons. The van der Waals surface area contributed by atoms with Crippen LogP contribution in [-0.4, -0.2) is 41.9 Å². The zero-order valence-electron chi connectivity index (χ0n) is 13.5. The van der Waals surface area contributed by atoms with Gasteiger partial charge in [0.05, 0.1) is 24.9 Å². The van der Waals surface area contributed by atoms with Gasteiger partial charge in [0.25, 0.3) is 0 Å². The highest BCUT2D eigenvalue weighted by Gasteiger charge is 2.23. The van der Waals surface area contributed by atoms with Crippen LogP contribution >= 0.6 is 0 Å². The van der Waals surface area contributed by atoms with Crippen molar-refractivity contribution in [2.24, 2.45) is 0 Å². The van der Waals surface area contributed by atoms with Gasteiger partial charge in [-0.1, -0.05) is 6.07 Å². The summed E-state index contributed by atoms with van der Waals surface area (Å²) >= 11 is 0. The van der Waals surface area contributed by atoms with Crippen LogP contribution in [0.4, 0.5) is 0 Å². The molecular formula is C17H27NO3. The van der Waals surface area contributed by atoms with E-state index >= 15 is 0 Å². The van der Waals surface area contributed by atoms with Crippen LogP contribution in [0.5, 0.6) is 5.75 Å². The van der Waals surface area contributed by atoms with Crippen LogP contribution in [0.2, 0.25) is 0 Å². The van der Waals surface area contributed by atoms with E-state index < -0.39 is 6.10 Å². The van der Waals surface area contributed by atoms with Gasteiger partial charge in [0.15, 0.2) is 0 Å². The fourth-order valence-electron chi connectivity index (χ4n) is 2.93. The van der Waals surface area contributed by atoms with Gasteiger partial charge in [-0.05, 0) is 45.4 Å². The average molecular weight is 293 g/mol. The largest absolute Gasteiger partial charge is 0.494 e. The molecule has 1 saturated heterocycles. The second kappa shape index (κ2) is 7.25. The van der Waals surface area contributed by atoms with Crippen LogP contribution in [0.15, 0.2) is 18.2 Å². The van der Waals surface area contributed by atoms with E-state index in [0.717, 1.165) is 36.5 Å². The van der Waals surface area contributed by atoms with Crippen molar-refractivity contribution in [2.45, 2.75) is 52.6 Å². The summed E-state index contributed by atoms with van der Waals surface area (Å²) in [5.74, 6) is 0.911. The molecule has 3 atom stereocenters. The molecule has 2 rings (SSSR count). The molecule has 0 aromatic heterocycles. The number of nitrogens with zero attached hydrogens (tertiary/aromatic N) is 1. The lowest BCUT2D eigenvalue weighted by Gasteiger charge is -2.35. The van der Waals surface area contributed by atoms with E-state index in [2.05, 4.69) is 24.8 Å². The number of aliphatic hydroxyl groups is 1. The van der Waals surface area contributed by atoms with Crippen molar-refractivity contribution in [1.82, 2.24) is 4.90 Å².